The van der Waals surface area contributed by atoms with Crippen LogP contribution >= 0.6 is 22.7 Å². The third-order valence-corrected chi connectivity index (χ3v) is 6.41. The summed E-state index contributed by atoms with van der Waals surface area (Å²) in [5.74, 6) is 4.07. The Morgan fingerprint density at radius 3 is 2.79 bits per heavy atom. The molecule has 3 nitrogen and oxygen atoms in total. The molecule has 0 aliphatic rings. The first-order valence-electron chi connectivity index (χ1n) is 8.26. The van der Waals surface area contributed by atoms with E-state index in [1.54, 1.807) is 22.7 Å². The van der Waals surface area contributed by atoms with Gasteiger partial charge in [-0.25, -0.2) is 4.98 Å². The molecule has 0 radical (unpaired) electrons. The molecule has 3 aromatic heterocycles. The molecule has 0 aromatic carbocycles. The van der Waals surface area contributed by atoms with Gasteiger partial charge in [0.15, 0.2) is 4.96 Å². The molecule has 0 atom stereocenters. The Hall–Kier alpha value is -1.55. The fourth-order valence-electron chi connectivity index (χ4n) is 2.43. The number of unbranched alkanes of at least 4 members (excludes halogenated alkanes) is 1. The van der Waals surface area contributed by atoms with E-state index in [9.17, 15) is 0 Å². The second-order valence-electron chi connectivity index (χ2n) is 6.96. The molecule has 24 heavy (non-hydrogen) atoms. The van der Waals surface area contributed by atoms with Gasteiger partial charge in [-0.2, -0.15) is 0 Å². The molecular weight excluding hydrogens is 350 g/mol. The molecule has 126 valence electrons. The molecule has 0 amide bonds. The van der Waals surface area contributed by atoms with Crippen LogP contribution in [0.2, 0.25) is 19.6 Å². The van der Waals surface area contributed by atoms with E-state index in [2.05, 4.69) is 59.9 Å². The van der Waals surface area contributed by atoms with Crippen LogP contribution in [0.5, 0.6) is 0 Å². The monoisotopic (exact) mass is 373 g/mol. The van der Waals surface area contributed by atoms with Crippen LogP contribution in [0.3, 0.4) is 0 Å². The molecule has 6 heteroatoms. The van der Waals surface area contributed by atoms with Gasteiger partial charge in [-0.3, -0.25) is 4.40 Å². The highest BCUT2D eigenvalue weighted by atomic mass is 32.1. The predicted molar refractivity (Wildman–Crippen MR) is 110 cm³/mol. The van der Waals surface area contributed by atoms with E-state index in [-0.39, 0.29) is 0 Å². The van der Waals surface area contributed by atoms with Crippen LogP contribution in [-0.2, 0) is 6.42 Å². The summed E-state index contributed by atoms with van der Waals surface area (Å²) in [6, 6.07) is 4.17. The summed E-state index contributed by atoms with van der Waals surface area (Å²) in [4.78, 5) is 7.94. The van der Waals surface area contributed by atoms with Crippen LogP contribution in [0.15, 0.2) is 17.5 Å². The lowest BCUT2D eigenvalue weighted by Crippen LogP contribution is -2.16. The summed E-state index contributed by atoms with van der Waals surface area (Å²) in [5.41, 5.74) is 12.0. The lowest BCUT2D eigenvalue weighted by atomic mass is 10.2. The normalized spacial score (nSPS) is 11.7. The van der Waals surface area contributed by atoms with Gasteiger partial charge in [0.1, 0.15) is 19.6 Å². The van der Waals surface area contributed by atoms with E-state index >= 15 is 0 Å². The van der Waals surface area contributed by atoms with Crippen LogP contribution in [-0.4, -0.2) is 17.5 Å². The van der Waals surface area contributed by atoms with Gasteiger partial charge < -0.3 is 5.73 Å². The smallest absolute Gasteiger partial charge is 0.196 e. The maximum absolute atomic E-state index is 6.43. The number of nitrogens with zero attached hydrogens (tertiary/aromatic N) is 2. The molecule has 0 saturated heterocycles. The Bertz CT molecular complexity index is 916. The van der Waals surface area contributed by atoms with Crippen LogP contribution < -0.4 is 5.73 Å². The summed E-state index contributed by atoms with van der Waals surface area (Å²) < 4.78 is 2.11. The van der Waals surface area contributed by atoms with Crippen LogP contribution in [0.25, 0.3) is 15.5 Å². The van der Waals surface area contributed by atoms with Crippen molar-refractivity contribution in [1.29, 1.82) is 0 Å². The Balaban J connectivity index is 1.95. The standard InChI is InChI=1S/C18H23N3S2Si/c1-5-6-7-13-12-22-18-20-16(17(19)21(13)18)15-9-8-14(23-15)10-11-24(2,3)4/h8-9,12H,5-7,19H2,1-4H3. The summed E-state index contributed by atoms with van der Waals surface area (Å²) in [6.07, 6.45) is 3.41. The number of thiophene rings is 1. The van der Waals surface area contributed by atoms with E-state index in [0.29, 0.717) is 0 Å². The van der Waals surface area contributed by atoms with E-state index in [4.69, 9.17) is 10.7 Å². The van der Waals surface area contributed by atoms with E-state index in [0.717, 1.165) is 32.6 Å². The number of hydrogen-bond donors (Lipinski definition) is 1. The Morgan fingerprint density at radius 2 is 2.08 bits per heavy atom. The molecule has 0 fully saturated rings. The Kier molecular flexibility index (Phi) is 4.86. The molecule has 3 rings (SSSR count). The largest absolute Gasteiger partial charge is 0.383 e. The number of aromatic nitrogens is 2. The number of rotatable bonds is 4. The molecule has 0 spiro atoms. The zero-order valence-electron chi connectivity index (χ0n) is 14.6. The van der Waals surface area contributed by atoms with Crippen LogP contribution in [0.4, 0.5) is 5.82 Å². The van der Waals surface area contributed by atoms with Gasteiger partial charge in [0, 0.05) is 11.1 Å². The van der Waals surface area contributed by atoms with Crippen molar-refractivity contribution in [2.45, 2.75) is 45.8 Å². The quantitative estimate of drug-likeness (QED) is 0.499. The van der Waals surface area contributed by atoms with Gasteiger partial charge in [0.05, 0.1) is 9.75 Å². The predicted octanol–water partition coefficient (Wildman–Crippen LogP) is 5.28. The van der Waals surface area contributed by atoms with Gasteiger partial charge in [-0.15, -0.1) is 28.2 Å². The van der Waals surface area contributed by atoms with Gasteiger partial charge >= 0.3 is 0 Å². The molecule has 0 saturated carbocycles. The highest BCUT2D eigenvalue weighted by Gasteiger charge is 2.17. The van der Waals surface area contributed by atoms with Crippen molar-refractivity contribution in [1.82, 2.24) is 9.38 Å². The lowest BCUT2D eigenvalue weighted by molar-refractivity contribution is 0.773. The van der Waals surface area contributed by atoms with Crippen molar-refractivity contribution in [2.24, 2.45) is 0 Å². The van der Waals surface area contributed by atoms with Crippen molar-refractivity contribution in [2.75, 3.05) is 5.73 Å². The second-order valence-corrected chi connectivity index (χ2v) is 13.6. The number of fused-ring (bicyclic) bond motifs is 1. The van der Waals surface area contributed by atoms with Gasteiger partial charge in [-0.1, -0.05) is 38.9 Å². The first-order chi connectivity index (χ1) is 11.4. The molecular formula is C18H23N3S2Si. The molecule has 2 N–H and O–H groups in total. The summed E-state index contributed by atoms with van der Waals surface area (Å²) in [7, 11) is -1.35. The molecule has 0 aliphatic heterocycles. The Morgan fingerprint density at radius 1 is 1.29 bits per heavy atom. The Labute approximate surface area is 152 Å². The van der Waals surface area contributed by atoms with E-state index < -0.39 is 8.07 Å². The van der Waals surface area contributed by atoms with Crippen molar-refractivity contribution < 1.29 is 0 Å². The maximum atomic E-state index is 6.43. The summed E-state index contributed by atoms with van der Waals surface area (Å²) in [5, 5.41) is 2.18. The average molecular weight is 374 g/mol. The minimum absolute atomic E-state index is 0.754. The molecule has 0 bridgehead atoms. The topological polar surface area (TPSA) is 43.3 Å². The highest BCUT2D eigenvalue weighted by Crippen LogP contribution is 2.34. The summed E-state index contributed by atoms with van der Waals surface area (Å²) >= 11 is 3.35. The van der Waals surface area contributed by atoms with E-state index in [1.165, 1.54) is 18.5 Å². The van der Waals surface area contributed by atoms with E-state index in [1.807, 2.05) is 0 Å². The first-order valence-corrected chi connectivity index (χ1v) is 13.5. The van der Waals surface area contributed by atoms with Gasteiger partial charge in [-0.05, 0) is 25.0 Å². The number of hydrogen-bond acceptors (Lipinski definition) is 4. The molecule has 3 heterocycles. The SMILES string of the molecule is CCCCc1csc2nc(-c3ccc(C#C[Si](C)(C)C)s3)c(N)n12. The maximum Gasteiger partial charge on any atom is 0.196 e. The average Bonchev–Trinajstić information content (AvgIpc) is 3.19. The minimum atomic E-state index is -1.35. The fraction of sp³-hybridized carbons (Fsp3) is 0.389. The number of aryl methyl sites for hydroxylation is 1. The van der Waals surface area contributed by atoms with Gasteiger partial charge in [0.2, 0.25) is 0 Å². The second kappa shape index (κ2) is 6.75. The number of anilines is 1. The summed E-state index contributed by atoms with van der Waals surface area (Å²) in [6.45, 7) is 8.98. The van der Waals surface area contributed by atoms with Crippen molar-refractivity contribution in [3.05, 3.63) is 28.1 Å². The highest BCUT2D eigenvalue weighted by molar-refractivity contribution is 7.16. The number of imidazole rings is 1. The van der Waals surface area contributed by atoms with Gasteiger partial charge in [0.25, 0.3) is 0 Å². The first kappa shape index (κ1) is 17.3. The minimum Gasteiger partial charge on any atom is -0.383 e. The number of thiazole rings is 1. The zero-order chi connectivity index (χ0) is 17.3. The molecule has 0 unspecified atom stereocenters. The third kappa shape index (κ3) is 3.58. The lowest BCUT2D eigenvalue weighted by Gasteiger charge is -2.02. The van der Waals surface area contributed by atoms with Crippen LogP contribution in [0.1, 0.15) is 30.3 Å². The molecule has 3 aromatic rings. The zero-order valence-corrected chi connectivity index (χ0v) is 17.3. The number of nitrogens with two attached hydrogens (primary N) is 1. The van der Waals surface area contributed by atoms with Crippen LogP contribution in [0, 0.1) is 11.5 Å². The number of nitrogen functional groups attached to an aromatic ring is 1. The molecule has 0 aliphatic carbocycles. The third-order valence-electron chi connectivity index (χ3n) is 3.66. The van der Waals surface area contributed by atoms with Crippen molar-refractivity contribution >= 4 is 41.5 Å². The van der Waals surface area contributed by atoms with Crippen molar-refractivity contribution in [3.63, 3.8) is 0 Å². The fourth-order valence-corrected chi connectivity index (χ4v) is 4.82. The van der Waals surface area contributed by atoms with Crippen molar-refractivity contribution in [3.8, 4) is 22.0 Å².